The van der Waals surface area contributed by atoms with E-state index in [2.05, 4.69) is 25.9 Å². The summed E-state index contributed by atoms with van der Waals surface area (Å²) in [4.78, 5) is 8.33. The molecule has 106 valence electrons. The molecule has 0 amide bonds. The minimum Gasteiger partial charge on any atom is -0.495 e. The van der Waals surface area contributed by atoms with Gasteiger partial charge in [-0.3, -0.25) is 9.97 Å². The number of aromatic nitrogens is 2. The Kier molecular flexibility index (Phi) is 4.57. The van der Waals surface area contributed by atoms with Gasteiger partial charge < -0.3 is 14.6 Å². The number of aryl methyl sites for hydroxylation is 1. The van der Waals surface area contributed by atoms with Gasteiger partial charge in [0.05, 0.1) is 31.8 Å². The summed E-state index contributed by atoms with van der Waals surface area (Å²) in [6.45, 7) is 1.84. The van der Waals surface area contributed by atoms with Crippen molar-refractivity contribution in [1.82, 2.24) is 9.97 Å². The number of benzene rings is 1. The van der Waals surface area contributed by atoms with Crippen LogP contribution < -0.4 is 9.47 Å². The quantitative estimate of drug-likeness (QED) is 0.928. The number of aliphatic hydroxyl groups excluding tert-OH is 1. The van der Waals surface area contributed by atoms with Crippen LogP contribution >= 0.6 is 15.9 Å². The Morgan fingerprint density at radius 3 is 2.45 bits per heavy atom. The summed E-state index contributed by atoms with van der Waals surface area (Å²) in [5, 5.41) is 10.4. The lowest BCUT2D eigenvalue weighted by Crippen LogP contribution is -2.06. The molecule has 0 aliphatic rings. The van der Waals surface area contributed by atoms with Gasteiger partial charge in [-0.25, -0.2) is 0 Å². The minimum atomic E-state index is -0.916. The van der Waals surface area contributed by atoms with Gasteiger partial charge in [0.15, 0.2) is 0 Å². The smallest absolute Gasteiger partial charge is 0.143 e. The second kappa shape index (κ2) is 6.19. The van der Waals surface area contributed by atoms with Crippen LogP contribution in [0.25, 0.3) is 0 Å². The third kappa shape index (κ3) is 2.76. The van der Waals surface area contributed by atoms with Crippen molar-refractivity contribution >= 4 is 15.9 Å². The number of rotatable bonds is 4. The van der Waals surface area contributed by atoms with Crippen LogP contribution in [0.4, 0.5) is 0 Å². The summed E-state index contributed by atoms with van der Waals surface area (Å²) in [6, 6.07) is 3.50. The molecule has 0 saturated carbocycles. The van der Waals surface area contributed by atoms with Crippen LogP contribution in [0, 0.1) is 6.92 Å². The molecule has 2 rings (SSSR count). The van der Waals surface area contributed by atoms with E-state index < -0.39 is 6.10 Å². The minimum absolute atomic E-state index is 0.464. The Morgan fingerprint density at radius 2 is 1.90 bits per heavy atom. The SMILES string of the molecule is COc1ccc(C(O)c2cnc(C)cn2)c(OC)c1Br. The first-order valence-corrected chi connectivity index (χ1v) is 6.74. The van der Waals surface area contributed by atoms with E-state index in [4.69, 9.17) is 9.47 Å². The van der Waals surface area contributed by atoms with Gasteiger partial charge in [0.25, 0.3) is 0 Å². The van der Waals surface area contributed by atoms with Gasteiger partial charge in [-0.15, -0.1) is 0 Å². The van der Waals surface area contributed by atoms with Crippen LogP contribution in [-0.4, -0.2) is 29.3 Å². The molecule has 1 atom stereocenters. The predicted octanol–water partition coefficient (Wildman–Crippen LogP) is 2.65. The summed E-state index contributed by atoms with van der Waals surface area (Å²) < 4.78 is 11.2. The van der Waals surface area contributed by atoms with Crippen molar-refractivity contribution in [2.45, 2.75) is 13.0 Å². The molecule has 0 aliphatic heterocycles. The number of methoxy groups -OCH3 is 2. The van der Waals surface area contributed by atoms with Crippen molar-refractivity contribution in [1.29, 1.82) is 0 Å². The standard InChI is InChI=1S/C14H15BrN2O3/c1-8-6-17-10(7-16-8)13(18)9-4-5-11(19-2)12(15)14(9)20-3/h4-7,13,18H,1-3H3. The van der Waals surface area contributed by atoms with Crippen molar-refractivity contribution in [3.8, 4) is 11.5 Å². The summed E-state index contributed by atoms with van der Waals surface area (Å²) in [5.41, 5.74) is 1.85. The highest BCUT2D eigenvalue weighted by Crippen LogP contribution is 2.40. The van der Waals surface area contributed by atoms with Crippen LogP contribution in [0.15, 0.2) is 29.0 Å². The van der Waals surface area contributed by atoms with E-state index in [1.165, 1.54) is 7.11 Å². The summed E-state index contributed by atoms with van der Waals surface area (Å²) in [7, 11) is 3.11. The fraction of sp³-hybridized carbons (Fsp3) is 0.286. The molecule has 6 heteroatoms. The van der Waals surface area contributed by atoms with E-state index in [-0.39, 0.29) is 0 Å². The number of ether oxygens (including phenoxy) is 2. The maximum Gasteiger partial charge on any atom is 0.143 e. The largest absolute Gasteiger partial charge is 0.495 e. The molecule has 0 fully saturated rings. The molecular weight excluding hydrogens is 324 g/mol. The highest BCUT2D eigenvalue weighted by atomic mass is 79.9. The number of hydrogen-bond acceptors (Lipinski definition) is 5. The van der Waals surface area contributed by atoms with E-state index in [9.17, 15) is 5.11 Å². The average Bonchev–Trinajstić information content (AvgIpc) is 2.47. The first kappa shape index (κ1) is 14.7. The van der Waals surface area contributed by atoms with E-state index in [1.807, 2.05) is 6.92 Å². The van der Waals surface area contributed by atoms with E-state index in [0.717, 1.165) is 5.69 Å². The van der Waals surface area contributed by atoms with E-state index in [0.29, 0.717) is 27.2 Å². The summed E-state index contributed by atoms with van der Waals surface area (Å²) >= 11 is 3.41. The fourth-order valence-corrected chi connectivity index (χ4v) is 2.52. The molecule has 1 aromatic heterocycles. The molecular formula is C14H15BrN2O3. The molecule has 0 spiro atoms. The van der Waals surface area contributed by atoms with Gasteiger partial charge in [0.2, 0.25) is 0 Å². The first-order chi connectivity index (χ1) is 9.58. The third-order valence-corrected chi connectivity index (χ3v) is 3.64. The van der Waals surface area contributed by atoms with Gasteiger partial charge in [-0.1, -0.05) is 0 Å². The van der Waals surface area contributed by atoms with Crippen LogP contribution in [0.2, 0.25) is 0 Å². The maximum absolute atomic E-state index is 10.4. The normalized spacial score (nSPS) is 12.1. The summed E-state index contributed by atoms with van der Waals surface area (Å²) in [6.07, 6.45) is 2.25. The zero-order chi connectivity index (χ0) is 14.7. The van der Waals surface area contributed by atoms with Gasteiger partial charge in [0, 0.05) is 11.8 Å². The molecule has 2 aromatic rings. The second-order valence-corrected chi connectivity index (χ2v) is 4.98. The van der Waals surface area contributed by atoms with Gasteiger partial charge in [-0.2, -0.15) is 0 Å². The number of hydrogen-bond donors (Lipinski definition) is 1. The highest BCUT2D eigenvalue weighted by Gasteiger charge is 2.21. The fourth-order valence-electron chi connectivity index (χ4n) is 1.84. The summed E-state index contributed by atoms with van der Waals surface area (Å²) in [5.74, 6) is 1.15. The van der Waals surface area contributed by atoms with Crippen molar-refractivity contribution < 1.29 is 14.6 Å². The van der Waals surface area contributed by atoms with Crippen LogP contribution in [0.3, 0.4) is 0 Å². The number of nitrogens with zero attached hydrogens (tertiary/aromatic N) is 2. The molecule has 1 heterocycles. The molecule has 0 bridgehead atoms. The zero-order valence-corrected chi connectivity index (χ0v) is 13.0. The van der Waals surface area contributed by atoms with Gasteiger partial charge in [0.1, 0.15) is 22.1 Å². The Balaban J connectivity index is 2.46. The van der Waals surface area contributed by atoms with Crippen molar-refractivity contribution in [3.63, 3.8) is 0 Å². The Bertz CT molecular complexity index is 602. The average molecular weight is 339 g/mol. The Labute approximate surface area is 125 Å². The lowest BCUT2D eigenvalue weighted by Gasteiger charge is -2.17. The Morgan fingerprint density at radius 1 is 1.15 bits per heavy atom. The van der Waals surface area contributed by atoms with Crippen LogP contribution in [-0.2, 0) is 0 Å². The van der Waals surface area contributed by atoms with Gasteiger partial charge in [-0.05, 0) is 35.0 Å². The predicted molar refractivity (Wildman–Crippen MR) is 78.1 cm³/mol. The molecule has 5 nitrogen and oxygen atoms in total. The topological polar surface area (TPSA) is 64.5 Å². The third-order valence-electron chi connectivity index (χ3n) is 2.89. The molecule has 1 unspecified atom stereocenters. The van der Waals surface area contributed by atoms with E-state index in [1.54, 1.807) is 31.6 Å². The van der Waals surface area contributed by atoms with Crippen molar-refractivity contribution in [2.75, 3.05) is 14.2 Å². The molecule has 1 N–H and O–H groups in total. The van der Waals surface area contributed by atoms with Crippen molar-refractivity contribution in [3.05, 3.63) is 46.0 Å². The number of aliphatic hydroxyl groups is 1. The molecule has 20 heavy (non-hydrogen) atoms. The highest BCUT2D eigenvalue weighted by molar-refractivity contribution is 9.10. The van der Waals surface area contributed by atoms with E-state index >= 15 is 0 Å². The lowest BCUT2D eigenvalue weighted by atomic mass is 10.1. The first-order valence-electron chi connectivity index (χ1n) is 5.95. The molecule has 0 radical (unpaired) electrons. The molecule has 1 aromatic carbocycles. The molecule has 0 saturated heterocycles. The Hall–Kier alpha value is -1.66. The number of halogens is 1. The van der Waals surface area contributed by atoms with Crippen LogP contribution in [0.5, 0.6) is 11.5 Å². The monoisotopic (exact) mass is 338 g/mol. The van der Waals surface area contributed by atoms with Crippen molar-refractivity contribution in [2.24, 2.45) is 0 Å². The van der Waals surface area contributed by atoms with Gasteiger partial charge >= 0.3 is 0 Å². The zero-order valence-electron chi connectivity index (χ0n) is 11.4. The second-order valence-electron chi connectivity index (χ2n) is 4.19. The molecule has 0 aliphatic carbocycles. The van der Waals surface area contributed by atoms with Crippen LogP contribution in [0.1, 0.15) is 23.1 Å². The lowest BCUT2D eigenvalue weighted by molar-refractivity contribution is 0.209. The maximum atomic E-state index is 10.4.